The van der Waals surface area contributed by atoms with E-state index < -0.39 is 0 Å². The fraction of sp³-hybridized carbons (Fsp3) is 0.0714. The lowest BCUT2D eigenvalue weighted by Crippen LogP contribution is -1.97. The van der Waals surface area contributed by atoms with Gasteiger partial charge < -0.3 is 14.2 Å². The van der Waals surface area contributed by atoms with Gasteiger partial charge in [-0.3, -0.25) is 0 Å². The third kappa shape index (κ3) is 2.27. The Hall–Kier alpha value is -2.49. The Morgan fingerprint density at radius 2 is 2.00 bits per heavy atom. The van der Waals surface area contributed by atoms with Crippen molar-refractivity contribution in [3.63, 3.8) is 0 Å². The lowest BCUT2D eigenvalue weighted by atomic mass is 10.1. The van der Waals surface area contributed by atoms with E-state index in [4.69, 9.17) is 8.83 Å². The van der Waals surface area contributed by atoms with Gasteiger partial charge in [0.15, 0.2) is 12.2 Å². The first-order valence-corrected chi connectivity index (χ1v) is 5.66. The Labute approximate surface area is 104 Å². The maximum absolute atomic E-state index is 5.23. The summed E-state index contributed by atoms with van der Waals surface area (Å²) in [5.41, 5.74) is 3.19. The van der Waals surface area contributed by atoms with Crippen LogP contribution in [0, 0.1) is 0 Å². The van der Waals surface area contributed by atoms with E-state index in [9.17, 15) is 0 Å². The van der Waals surface area contributed by atoms with Crippen LogP contribution in [0.3, 0.4) is 0 Å². The van der Waals surface area contributed by atoms with E-state index in [1.54, 1.807) is 18.7 Å². The Bertz CT molecular complexity index is 583. The lowest BCUT2D eigenvalue weighted by molar-refractivity contribution is 0.564. The van der Waals surface area contributed by atoms with Crippen molar-refractivity contribution < 1.29 is 8.83 Å². The highest BCUT2D eigenvalue weighted by molar-refractivity contribution is 5.60. The van der Waals surface area contributed by atoms with Crippen LogP contribution in [0.25, 0.3) is 11.3 Å². The van der Waals surface area contributed by atoms with Gasteiger partial charge in [-0.15, -0.1) is 0 Å². The molecule has 2 aromatic heterocycles. The molecular weight excluding hydrogens is 228 g/mol. The predicted octanol–water partition coefficient (Wildman–Crippen LogP) is 3.55. The third-order valence-corrected chi connectivity index (χ3v) is 2.68. The highest BCUT2D eigenvalue weighted by Gasteiger charge is 2.01. The fourth-order valence-corrected chi connectivity index (χ4v) is 1.71. The smallest absolute Gasteiger partial charge is 0.181 e. The van der Waals surface area contributed by atoms with Crippen molar-refractivity contribution in [2.24, 2.45) is 0 Å². The monoisotopic (exact) mass is 240 g/mol. The molecule has 0 fully saturated rings. The second kappa shape index (κ2) is 4.79. The Morgan fingerprint density at radius 1 is 1.11 bits per heavy atom. The first-order valence-electron chi connectivity index (χ1n) is 5.66. The maximum atomic E-state index is 5.23. The normalized spacial score (nSPS) is 10.4. The van der Waals surface area contributed by atoms with Gasteiger partial charge >= 0.3 is 0 Å². The Morgan fingerprint density at radius 3 is 2.67 bits per heavy atom. The number of anilines is 1. The van der Waals surface area contributed by atoms with Gasteiger partial charge in [0, 0.05) is 23.4 Å². The number of nitrogens with one attached hydrogen (secondary N) is 1. The first kappa shape index (κ1) is 10.7. The number of nitrogens with zero attached hydrogens (tertiary/aromatic N) is 1. The molecule has 90 valence electrons. The molecule has 0 spiro atoms. The van der Waals surface area contributed by atoms with Crippen LogP contribution in [-0.4, -0.2) is 4.98 Å². The van der Waals surface area contributed by atoms with E-state index in [-0.39, 0.29) is 0 Å². The van der Waals surface area contributed by atoms with E-state index in [1.807, 2.05) is 30.3 Å². The second-order valence-electron chi connectivity index (χ2n) is 3.93. The summed E-state index contributed by atoms with van der Waals surface area (Å²) in [6.07, 6.45) is 6.54. The van der Waals surface area contributed by atoms with Crippen molar-refractivity contribution in [2.75, 3.05) is 5.32 Å². The molecule has 4 heteroatoms. The van der Waals surface area contributed by atoms with E-state index in [1.165, 1.54) is 6.39 Å². The fourth-order valence-electron chi connectivity index (χ4n) is 1.71. The molecule has 0 aliphatic rings. The number of hydrogen-bond donors (Lipinski definition) is 1. The molecule has 0 saturated carbocycles. The van der Waals surface area contributed by atoms with E-state index >= 15 is 0 Å². The topological polar surface area (TPSA) is 51.2 Å². The SMILES string of the molecule is c1cc(CNc2ccc(-c3cnco3)cc2)co1. The standard InChI is InChI=1S/C14H12N2O2/c1-3-13(16-7-11-5-6-17-9-11)4-2-12(1)14-8-15-10-18-14/h1-6,8-10,16H,7H2. The Balaban J connectivity index is 1.68. The molecule has 0 bridgehead atoms. The molecule has 0 aliphatic heterocycles. The molecule has 3 aromatic rings. The summed E-state index contributed by atoms with van der Waals surface area (Å²) in [6.45, 7) is 0.748. The summed E-state index contributed by atoms with van der Waals surface area (Å²) in [4.78, 5) is 3.90. The minimum absolute atomic E-state index is 0.748. The molecule has 0 aliphatic carbocycles. The summed E-state index contributed by atoms with van der Waals surface area (Å²) in [6, 6.07) is 9.96. The summed E-state index contributed by atoms with van der Waals surface area (Å²) < 4.78 is 10.2. The average Bonchev–Trinajstić information content (AvgIpc) is 3.10. The minimum atomic E-state index is 0.748. The number of hydrogen-bond acceptors (Lipinski definition) is 4. The molecular formula is C14H12N2O2. The molecule has 0 atom stereocenters. The number of oxazole rings is 1. The van der Waals surface area contributed by atoms with Crippen molar-refractivity contribution in [1.29, 1.82) is 0 Å². The van der Waals surface area contributed by atoms with Gasteiger partial charge in [0.2, 0.25) is 0 Å². The predicted molar refractivity (Wildman–Crippen MR) is 68.0 cm³/mol. The molecule has 2 heterocycles. The zero-order valence-electron chi connectivity index (χ0n) is 9.67. The van der Waals surface area contributed by atoms with E-state index in [2.05, 4.69) is 10.3 Å². The van der Waals surface area contributed by atoms with Gasteiger partial charge in [0.05, 0.1) is 18.7 Å². The van der Waals surface area contributed by atoms with Gasteiger partial charge in [-0.25, -0.2) is 4.98 Å². The van der Waals surface area contributed by atoms with Gasteiger partial charge in [-0.1, -0.05) is 0 Å². The Kier molecular flexibility index (Phi) is 2.84. The summed E-state index contributed by atoms with van der Waals surface area (Å²) >= 11 is 0. The van der Waals surface area contributed by atoms with Crippen LogP contribution >= 0.6 is 0 Å². The number of aromatic nitrogens is 1. The van der Waals surface area contributed by atoms with Crippen molar-refractivity contribution >= 4 is 5.69 Å². The van der Waals surface area contributed by atoms with Crippen molar-refractivity contribution in [2.45, 2.75) is 6.54 Å². The van der Waals surface area contributed by atoms with Gasteiger partial charge in [-0.05, 0) is 30.3 Å². The lowest BCUT2D eigenvalue weighted by Gasteiger charge is -2.05. The molecule has 4 nitrogen and oxygen atoms in total. The highest BCUT2D eigenvalue weighted by atomic mass is 16.3. The van der Waals surface area contributed by atoms with Crippen LogP contribution in [-0.2, 0) is 6.54 Å². The molecule has 3 rings (SSSR count). The van der Waals surface area contributed by atoms with E-state index in [0.717, 1.165) is 29.1 Å². The molecule has 1 N–H and O–H groups in total. The highest BCUT2D eigenvalue weighted by Crippen LogP contribution is 2.20. The van der Waals surface area contributed by atoms with Crippen molar-refractivity contribution in [1.82, 2.24) is 4.98 Å². The van der Waals surface area contributed by atoms with Crippen molar-refractivity contribution in [3.05, 3.63) is 61.0 Å². The first-order chi connectivity index (χ1) is 8.92. The molecule has 0 saturated heterocycles. The van der Waals surface area contributed by atoms with Crippen LogP contribution in [0.4, 0.5) is 5.69 Å². The van der Waals surface area contributed by atoms with Crippen LogP contribution < -0.4 is 5.32 Å². The van der Waals surface area contributed by atoms with Crippen molar-refractivity contribution in [3.8, 4) is 11.3 Å². The van der Waals surface area contributed by atoms with Crippen LogP contribution in [0.5, 0.6) is 0 Å². The van der Waals surface area contributed by atoms with E-state index in [0.29, 0.717) is 0 Å². The largest absolute Gasteiger partial charge is 0.472 e. The molecule has 0 unspecified atom stereocenters. The zero-order valence-corrected chi connectivity index (χ0v) is 9.67. The maximum Gasteiger partial charge on any atom is 0.181 e. The zero-order chi connectivity index (χ0) is 12.2. The van der Waals surface area contributed by atoms with Gasteiger partial charge in [0.25, 0.3) is 0 Å². The quantitative estimate of drug-likeness (QED) is 0.757. The van der Waals surface area contributed by atoms with Gasteiger partial charge in [-0.2, -0.15) is 0 Å². The summed E-state index contributed by atoms with van der Waals surface area (Å²) in [7, 11) is 0. The summed E-state index contributed by atoms with van der Waals surface area (Å²) in [5.74, 6) is 0.774. The second-order valence-corrected chi connectivity index (χ2v) is 3.93. The number of furan rings is 1. The molecule has 0 radical (unpaired) electrons. The minimum Gasteiger partial charge on any atom is -0.472 e. The van der Waals surface area contributed by atoms with Crippen LogP contribution in [0.15, 0.2) is 64.3 Å². The van der Waals surface area contributed by atoms with Crippen LogP contribution in [0.1, 0.15) is 5.56 Å². The molecule has 0 amide bonds. The molecule has 18 heavy (non-hydrogen) atoms. The molecule has 1 aromatic carbocycles. The number of benzene rings is 1. The third-order valence-electron chi connectivity index (χ3n) is 2.68. The van der Waals surface area contributed by atoms with Crippen LogP contribution in [0.2, 0.25) is 0 Å². The average molecular weight is 240 g/mol. The van der Waals surface area contributed by atoms with Gasteiger partial charge in [0.1, 0.15) is 0 Å². The summed E-state index contributed by atoms with van der Waals surface area (Å²) in [5, 5.41) is 3.31. The number of rotatable bonds is 4.